The lowest BCUT2D eigenvalue weighted by molar-refractivity contribution is -0.474. The van der Waals surface area contributed by atoms with Gasteiger partial charge in [0.2, 0.25) is 6.54 Å². The molecule has 0 aromatic heterocycles. The Hall–Kier alpha value is -1.03. The molecule has 0 N–H and O–H groups in total. The van der Waals surface area contributed by atoms with Gasteiger partial charge in [-0.25, -0.2) is 0 Å². The number of aryl methyl sites for hydroxylation is 2. The number of hydrogen-bond acceptors (Lipinski definition) is 3. The predicted octanol–water partition coefficient (Wildman–Crippen LogP) is 2.67. The molecule has 0 aliphatic carbocycles. The summed E-state index contributed by atoms with van der Waals surface area (Å²) in [5.74, 6) is 0.540. The summed E-state index contributed by atoms with van der Waals surface area (Å²) in [6.45, 7) is 4.08. The second kappa shape index (κ2) is 5.00. The zero-order chi connectivity index (χ0) is 10.6. The first kappa shape index (κ1) is 11.0. The molecule has 0 bridgehead atoms. The van der Waals surface area contributed by atoms with Gasteiger partial charge in [-0.1, -0.05) is 18.2 Å². The van der Waals surface area contributed by atoms with Gasteiger partial charge in [0, 0.05) is 9.82 Å². The van der Waals surface area contributed by atoms with Gasteiger partial charge in [-0.3, -0.25) is 10.1 Å². The maximum absolute atomic E-state index is 10.2. The van der Waals surface area contributed by atoms with Crippen LogP contribution in [-0.2, 0) is 0 Å². The number of rotatable bonds is 4. The first-order valence-corrected chi connectivity index (χ1v) is 5.40. The molecule has 1 rings (SSSR count). The summed E-state index contributed by atoms with van der Waals surface area (Å²) in [6.07, 6.45) is 0. The Labute approximate surface area is 87.7 Å². The number of thioether (sulfide) groups is 1. The van der Waals surface area contributed by atoms with Crippen LogP contribution in [-0.4, -0.2) is 17.2 Å². The van der Waals surface area contributed by atoms with E-state index in [0.717, 1.165) is 0 Å². The Kier molecular flexibility index (Phi) is 3.95. The van der Waals surface area contributed by atoms with Gasteiger partial charge in [0.05, 0.1) is 5.75 Å². The topological polar surface area (TPSA) is 43.1 Å². The average Bonchev–Trinajstić information content (AvgIpc) is 2.09. The lowest BCUT2D eigenvalue weighted by Crippen LogP contribution is -2.03. The normalized spacial score (nSPS) is 10.1. The summed E-state index contributed by atoms with van der Waals surface area (Å²) in [7, 11) is 0. The third-order valence-corrected chi connectivity index (χ3v) is 3.25. The molecule has 3 nitrogen and oxygen atoms in total. The largest absolute Gasteiger partial charge is 0.265 e. The molecule has 0 aliphatic heterocycles. The summed E-state index contributed by atoms with van der Waals surface area (Å²) >= 11 is 1.56. The van der Waals surface area contributed by atoms with Crippen molar-refractivity contribution in [2.75, 3.05) is 12.3 Å². The molecule has 0 unspecified atom stereocenters. The fourth-order valence-corrected chi connectivity index (χ4v) is 2.28. The zero-order valence-corrected chi connectivity index (χ0v) is 9.13. The van der Waals surface area contributed by atoms with Crippen molar-refractivity contribution in [3.8, 4) is 0 Å². The molecule has 0 saturated heterocycles. The van der Waals surface area contributed by atoms with E-state index in [9.17, 15) is 10.1 Å². The van der Waals surface area contributed by atoms with E-state index in [0.29, 0.717) is 5.75 Å². The molecule has 0 spiro atoms. The van der Waals surface area contributed by atoms with E-state index in [2.05, 4.69) is 0 Å². The molecule has 1 aromatic rings. The van der Waals surface area contributed by atoms with Crippen LogP contribution in [0.5, 0.6) is 0 Å². The van der Waals surface area contributed by atoms with Crippen molar-refractivity contribution in [1.29, 1.82) is 0 Å². The van der Waals surface area contributed by atoms with E-state index < -0.39 is 0 Å². The van der Waals surface area contributed by atoms with Crippen molar-refractivity contribution in [3.63, 3.8) is 0 Å². The van der Waals surface area contributed by atoms with Gasteiger partial charge in [-0.05, 0) is 25.0 Å². The lowest BCUT2D eigenvalue weighted by atomic mass is 10.2. The van der Waals surface area contributed by atoms with Gasteiger partial charge < -0.3 is 0 Å². The lowest BCUT2D eigenvalue weighted by Gasteiger charge is -2.06. The van der Waals surface area contributed by atoms with Crippen molar-refractivity contribution in [2.24, 2.45) is 0 Å². The average molecular weight is 211 g/mol. The van der Waals surface area contributed by atoms with Crippen LogP contribution in [0.2, 0.25) is 0 Å². The molecule has 0 heterocycles. The minimum atomic E-state index is -0.277. The third kappa shape index (κ3) is 3.03. The van der Waals surface area contributed by atoms with Gasteiger partial charge in [0.25, 0.3) is 0 Å². The number of nitro groups is 1. The summed E-state index contributed by atoms with van der Waals surface area (Å²) in [5, 5.41) is 10.2. The maximum atomic E-state index is 10.2. The molecule has 14 heavy (non-hydrogen) atoms. The van der Waals surface area contributed by atoms with Crippen LogP contribution in [0, 0.1) is 24.0 Å². The van der Waals surface area contributed by atoms with Crippen molar-refractivity contribution < 1.29 is 4.92 Å². The fraction of sp³-hybridized carbons (Fsp3) is 0.400. The van der Waals surface area contributed by atoms with E-state index in [-0.39, 0.29) is 11.5 Å². The number of hydrogen-bond donors (Lipinski definition) is 0. The van der Waals surface area contributed by atoms with Gasteiger partial charge >= 0.3 is 0 Å². The monoisotopic (exact) mass is 211 g/mol. The Morgan fingerprint density at radius 2 is 1.93 bits per heavy atom. The Morgan fingerprint density at radius 3 is 2.43 bits per heavy atom. The Balaban J connectivity index is 2.62. The summed E-state index contributed by atoms with van der Waals surface area (Å²) in [5.41, 5.74) is 2.39. The first-order chi connectivity index (χ1) is 6.61. The zero-order valence-electron chi connectivity index (χ0n) is 8.32. The van der Waals surface area contributed by atoms with Crippen LogP contribution >= 0.6 is 11.8 Å². The minimum Gasteiger partial charge on any atom is -0.265 e. The minimum absolute atomic E-state index is 0.0262. The summed E-state index contributed by atoms with van der Waals surface area (Å²) in [6, 6.07) is 6.06. The van der Waals surface area contributed by atoms with Crippen molar-refractivity contribution in [2.45, 2.75) is 18.7 Å². The molecule has 1 aromatic carbocycles. The van der Waals surface area contributed by atoms with Gasteiger partial charge in [-0.15, -0.1) is 11.8 Å². The predicted molar refractivity (Wildman–Crippen MR) is 58.5 cm³/mol. The van der Waals surface area contributed by atoms with Crippen LogP contribution in [0.25, 0.3) is 0 Å². The molecule has 0 saturated carbocycles. The van der Waals surface area contributed by atoms with Crippen molar-refractivity contribution in [3.05, 3.63) is 39.4 Å². The van der Waals surface area contributed by atoms with Gasteiger partial charge in [0.15, 0.2) is 0 Å². The highest BCUT2D eigenvalue weighted by molar-refractivity contribution is 7.99. The van der Waals surface area contributed by atoms with Crippen LogP contribution in [0.15, 0.2) is 23.1 Å². The van der Waals surface area contributed by atoms with E-state index in [1.807, 2.05) is 32.0 Å². The van der Waals surface area contributed by atoms with Crippen LogP contribution in [0.4, 0.5) is 0 Å². The Morgan fingerprint density at radius 1 is 1.36 bits per heavy atom. The summed E-state index contributed by atoms with van der Waals surface area (Å²) < 4.78 is 0. The second-order valence-corrected chi connectivity index (χ2v) is 4.23. The second-order valence-electron chi connectivity index (χ2n) is 3.13. The summed E-state index contributed by atoms with van der Waals surface area (Å²) in [4.78, 5) is 11.0. The highest BCUT2D eigenvalue weighted by atomic mass is 32.2. The highest BCUT2D eigenvalue weighted by Crippen LogP contribution is 2.25. The third-order valence-electron chi connectivity index (χ3n) is 1.93. The molecule has 0 atom stereocenters. The molecular formula is C10H13NO2S. The fourth-order valence-electron chi connectivity index (χ4n) is 1.25. The van der Waals surface area contributed by atoms with Crippen LogP contribution < -0.4 is 0 Å². The van der Waals surface area contributed by atoms with Crippen LogP contribution in [0.1, 0.15) is 11.1 Å². The van der Waals surface area contributed by atoms with E-state index in [1.54, 1.807) is 11.8 Å². The quantitative estimate of drug-likeness (QED) is 0.437. The van der Waals surface area contributed by atoms with Crippen molar-refractivity contribution in [1.82, 2.24) is 0 Å². The maximum Gasteiger partial charge on any atom is 0.213 e. The number of nitrogens with zero attached hydrogens (tertiary/aromatic N) is 1. The van der Waals surface area contributed by atoms with E-state index >= 15 is 0 Å². The molecule has 0 amide bonds. The molecule has 0 radical (unpaired) electrons. The molecular weight excluding hydrogens is 198 g/mol. The molecule has 0 fully saturated rings. The molecule has 4 heteroatoms. The highest BCUT2D eigenvalue weighted by Gasteiger charge is 2.04. The Bertz CT molecular complexity index is 319. The van der Waals surface area contributed by atoms with E-state index in [1.165, 1.54) is 16.0 Å². The molecule has 76 valence electrons. The van der Waals surface area contributed by atoms with Crippen molar-refractivity contribution >= 4 is 11.8 Å². The van der Waals surface area contributed by atoms with Gasteiger partial charge in [0.1, 0.15) is 0 Å². The van der Waals surface area contributed by atoms with Gasteiger partial charge in [-0.2, -0.15) is 0 Å². The molecule has 0 aliphatic rings. The van der Waals surface area contributed by atoms with Crippen LogP contribution in [0.3, 0.4) is 0 Å². The van der Waals surface area contributed by atoms with E-state index in [4.69, 9.17) is 0 Å². The smallest absolute Gasteiger partial charge is 0.213 e. The SMILES string of the molecule is Cc1cccc(C)c1SCC[N+](=O)[O-]. The first-order valence-electron chi connectivity index (χ1n) is 4.42. The number of benzene rings is 1. The standard InChI is InChI=1S/C10H13NO2S/c1-8-4-3-5-9(2)10(8)14-7-6-11(12)13/h3-5H,6-7H2,1-2H3.